The zero-order valence-corrected chi connectivity index (χ0v) is 24.3. The number of hydrogen-bond donors (Lipinski definition) is 2. The standard InChI is InChI=1S/C33H36N6O3/c1-21(2)31(40)37-15-17-38(18-16-37)32(41)24-11-13-25(14-12-24)39-33(42)26-5-4-6-27-30(26)29(36-39)19-28(35-27)23-9-7-22(8-10-23)20-34-3/h4-14,21,28,34-35H,15-20H2,1-3H3. The zero-order valence-electron chi connectivity index (χ0n) is 24.3. The number of hydrogen-bond acceptors (Lipinski definition) is 6. The van der Waals surface area contributed by atoms with Gasteiger partial charge in [-0.05, 0) is 54.6 Å². The summed E-state index contributed by atoms with van der Waals surface area (Å²) in [7, 11) is 1.94. The quantitative estimate of drug-likeness (QED) is 0.370. The first kappa shape index (κ1) is 27.7. The van der Waals surface area contributed by atoms with Gasteiger partial charge in [-0.25, -0.2) is 0 Å². The minimum atomic E-state index is -0.197. The molecule has 6 rings (SSSR count). The molecule has 216 valence electrons. The van der Waals surface area contributed by atoms with Crippen LogP contribution in [0.5, 0.6) is 0 Å². The summed E-state index contributed by atoms with van der Waals surface area (Å²) in [6, 6.07) is 21.4. The van der Waals surface area contributed by atoms with Gasteiger partial charge in [0, 0.05) is 61.7 Å². The molecule has 0 bridgehead atoms. The number of carbonyl (C=O) groups excluding carboxylic acids is 2. The molecule has 9 heteroatoms. The van der Waals surface area contributed by atoms with Crippen molar-refractivity contribution in [3.05, 3.63) is 99.5 Å². The molecule has 2 amide bonds. The average Bonchev–Trinajstić information content (AvgIpc) is 3.02. The summed E-state index contributed by atoms with van der Waals surface area (Å²) in [6.45, 7) is 6.69. The number of anilines is 1. The third-order valence-electron chi connectivity index (χ3n) is 8.22. The second-order valence-electron chi connectivity index (χ2n) is 11.4. The molecule has 4 aromatic rings. The van der Waals surface area contributed by atoms with Crippen molar-refractivity contribution in [3.63, 3.8) is 0 Å². The lowest BCUT2D eigenvalue weighted by Gasteiger charge is -2.35. The Morgan fingerprint density at radius 2 is 1.64 bits per heavy atom. The van der Waals surface area contributed by atoms with E-state index in [1.165, 1.54) is 10.2 Å². The molecule has 3 heterocycles. The van der Waals surface area contributed by atoms with Crippen LogP contribution in [0.25, 0.3) is 16.5 Å². The van der Waals surface area contributed by atoms with E-state index in [0.717, 1.165) is 28.9 Å². The zero-order chi connectivity index (χ0) is 29.4. The van der Waals surface area contributed by atoms with Crippen LogP contribution in [0.4, 0.5) is 5.69 Å². The van der Waals surface area contributed by atoms with Crippen molar-refractivity contribution in [1.82, 2.24) is 24.9 Å². The van der Waals surface area contributed by atoms with Crippen molar-refractivity contribution in [2.75, 3.05) is 38.5 Å². The van der Waals surface area contributed by atoms with Crippen LogP contribution in [0.2, 0.25) is 0 Å². The van der Waals surface area contributed by atoms with Crippen molar-refractivity contribution in [2.45, 2.75) is 32.9 Å². The van der Waals surface area contributed by atoms with Crippen LogP contribution in [0.1, 0.15) is 47.1 Å². The Balaban J connectivity index is 1.24. The van der Waals surface area contributed by atoms with E-state index in [1.54, 1.807) is 29.2 Å². The molecule has 2 N–H and O–H groups in total. The molecule has 2 aliphatic rings. The maximum atomic E-state index is 13.6. The normalized spacial score (nSPS) is 16.5. The van der Waals surface area contributed by atoms with E-state index < -0.39 is 0 Å². The average molecular weight is 565 g/mol. The second kappa shape index (κ2) is 11.4. The van der Waals surface area contributed by atoms with Crippen molar-refractivity contribution in [3.8, 4) is 5.69 Å². The SMILES string of the molecule is CNCc1ccc(C2Cc3nn(-c4ccc(C(=O)N5CCN(C(=O)C(C)C)CC5)cc4)c(=O)c4cccc(c34)N2)cc1. The molecule has 1 aromatic heterocycles. The van der Waals surface area contributed by atoms with Gasteiger partial charge in [0.1, 0.15) is 0 Å². The van der Waals surface area contributed by atoms with Crippen LogP contribution >= 0.6 is 0 Å². The van der Waals surface area contributed by atoms with E-state index in [0.29, 0.717) is 49.2 Å². The van der Waals surface area contributed by atoms with Crippen LogP contribution in [0.15, 0.2) is 71.5 Å². The number of nitrogens with one attached hydrogen (secondary N) is 2. The fraction of sp³-hybridized carbons (Fsp3) is 0.333. The van der Waals surface area contributed by atoms with E-state index in [4.69, 9.17) is 5.10 Å². The molecular formula is C33H36N6O3. The lowest BCUT2D eigenvalue weighted by Crippen LogP contribution is -2.51. The molecule has 2 aliphatic heterocycles. The summed E-state index contributed by atoms with van der Waals surface area (Å²) in [5, 5.41) is 13.1. The Kier molecular flexibility index (Phi) is 7.51. The van der Waals surface area contributed by atoms with E-state index in [-0.39, 0.29) is 29.3 Å². The third-order valence-corrected chi connectivity index (χ3v) is 8.22. The van der Waals surface area contributed by atoms with Gasteiger partial charge >= 0.3 is 0 Å². The number of benzene rings is 3. The minimum Gasteiger partial charge on any atom is -0.377 e. The number of rotatable bonds is 6. The predicted molar refractivity (Wildman–Crippen MR) is 164 cm³/mol. The molecule has 9 nitrogen and oxygen atoms in total. The summed E-state index contributed by atoms with van der Waals surface area (Å²) in [5.74, 6) is -0.00749. The highest BCUT2D eigenvalue weighted by molar-refractivity contribution is 5.97. The van der Waals surface area contributed by atoms with Gasteiger partial charge in [0.25, 0.3) is 11.5 Å². The second-order valence-corrected chi connectivity index (χ2v) is 11.4. The molecular weight excluding hydrogens is 528 g/mol. The highest BCUT2D eigenvalue weighted by Gasteiger charge is 2.27. The smallest absolute Gasteiger partial charge is 0.279 e. The fourth-order valence-electron chi connectivity index (χ4n) is 5.94. The Bertz CT molecular complexity index is 1690. The van der Waals surface area contributed by atoms with E-state index >= 15 is 0 Å². The predicted octanol–water partition coefficient (Wildman–Crippen LogP) is 3.75. The molecule has 1 fully saturated rings. The Morgan fingerprint density at radius 1 is 0.952 bits per heavy atom. The van der Waals surface area contributed by atoms with Crippen LogP contribution in [0, 0.1) is 5.92 Å². The van der Waals surface area contributed by atoms with Crippen molar-refractivity contribution < 1.29 is 9.59 Å². The summed E-state index contributed by atoms with van der Waals surface area (Å²) in [4.78, 5) is 42.7. The maximum absolute atomic E-state index is 13.6. The number of piperazine rings is 1. The van der Waals surface area contributed by atoms with Gasteiger partial charge in [-0.3, -0.25) is 14.4 Å². The first-order valence-electron chi connectivity index (χ1n) is 14.6. The molecule has 0 saturated carbocycles. The van der Waals surface area contributed by atoms with E-state index in [2.05, 4.69) is 34.9 Å². The van der Waals surface area contributed by atoms with E-state index in [1.807, 2.05) is 44.0 Å². The van der Waals surface area contributed by atoms with Gasteiger partial charge in [0.05, 0.1) is 22.8 Å². The van der Waals surface area contributed by atoms with E-state index in [9.17, 15) is 14.4 Å². The monoisotopic (exact) mass is 564 g/mol. The highest BCUT2D eigenvalue weighted by Crippen LogP contribution is 2.35. The van der Waals surface area contributed by atoms with Gasteiger partial charge in [-0.2, -0.15) is 9.78 Å². The molecule has 42 heavy (non-hydrogen) atoms. The summed E-state index contributed by atoms with van der Waals surface area (Å²) in [6.07, 6.45) is 0.640. The third kappa shape index (κ3) is 5.16. The lowest BCUT2D eigenvalue weighted by atomic mass is 9.93. The Morgan fingerprint density at radius 3 is 2.31 bits per heavy atom. The highest BCUT2D eigenvalue weighted by atomic mass is 16.2. The van der Waals surface area contributed by atoms with Crippen molar-refractivity contribution >= 4 is 28.3 Å². The first-order chi connectivity index (χ1) is 20.3. The van der Waals surface area contributed by atoms with Crippen LogP contribution in [-0.4, -0.2) is 64.6 Å². The molecule has 0 aliphatic carbocycles. The van der Waals surface area contributed by atoms with Crippen LogP contribution < -0.4 is 16.2 Å². The summed E-state index contributed by atoms with van der Waals surface area (Å²) < 4.78 is 1.45. The number of nitrogens with zero attached hydrogens (tertiary/aromatic N) is 4. The molecule has 1 saturated heterocycles. The topological polar surface area (TPSA) is 99.6 Å². The van der Waals surface area contributed by atoms with Crippen molar-refractivity contribution in [1.29, 1.82) is 0 Å². The summed E-state index contributed by atoms with van der Waals surface area (Å²) >= 11 is 0. The molecule has 0 spiro atoms. The van der Waals surface area contributed by atoms with Gasteiger partial charge < -0.3 is 20.4 Å². The maximum Gasteiger partial charge on any atom is 0.279 e. The summed E-state index contributed by atoms with van der Waals surface area (Å²) in [5.41, 5.74) is 5.11. The van der Waals surface area contributed by atoms with Gasteiger partial charge in [-0.15, -0.1) is 0 Å². The van der Waals surface area contributed by atoms with Crippen molar-refractivity contribution in [2.24, 2.45) is 5.92 Å². The van der Waals surface area contributed by atoms with Crippen LogP contribution in [0.3, 0.4) is 0 Å². The number of carbonyl (C=O) groups is 2. The van der Waals surface area contributed by atoms with Crippen LogP contribution in [-0.2, 0) is 17.8 Å². The Hall–Kier alpha value is -4.50. The largest absolute Gasteiger partial charge is 0.377 e. The number of amides is 2. The fourth-order valence-corrected chi connectivity index (χ4v) is 5.94. The lowest BCUT2D eigenvalue weighted by molar-refractivity contribution is -0.135. The molecule has 0 radical (unpaired) electrons. The molecule has 1 unspecified atom stereocenters. The van der Waals surface area contributed by atoms with Gasteiger partial charge in [-0.1, -0.05) is 44.2 Å². The molecule has 1 atom stereocenters. The van der Waals surface area contributed by atoms with Gasteiger partial charge in [0.15, 0.2) is 0 Å². The first-order valence-corrected chi connectivity index (χ1v) is 14.6. The number of aromatic nitrogens is 2. The molecule has 3 aromatic carbocycles. The minimum absolute atomic E-state index is 0.0292. The van der Waals surface area contributed by atoms with Gasteiger partial charge in [0.2, 0.25) is 5.91 Å². The Labute approximate surface area is 245 Å².